The van der Waals surface area contributed by atoms with E-state index >= 15 is 0 Å². The van der Waals surface area contributed by atoms with Crippen LogP contribution >= 0.6 is 0 Å². The summed E-state index contributed by atoms with van der Waals surface area (Å²) in [7, 11) is 1.48. The van der Waals surface area contributed by atoms with Crippen LogP contribution in [-0.4, -0.2) is 34.3 Å². The van der Waals surface area contributed by atoms with Crippen molar-refractivity contribution in [1.29, 1.82) is 0 Å². The minimum Gasteiger partial charge on any atom is -0.406 e. The Morgan fingerprint density at radius 3 is 2.41 bits per heavy atom. The molecule has 0 bridgehead atoms. The second-order valence-corrected chi connectivity index (χ2v) is 5.84. The average Bonchev–Trinajstić information content (AvgIpc) is 2.52. The standard InChI is InChI=1S/C11H20BN3O2/c1-8-9(15(6)14-13-8)12-16-7-10(2,3)11(4,5)17-12/h7H2,1-6H3. The first kappa shape index (κ1) is 12.6. The van der Waals surface area contributed by atoms with E-state index in [0.29, 0.717) is 6.61 Å². The molecule has 17 heavy (non-hydrogen) atoms. The normalized spacial score (nSPS) is 22.8. The molecule has 0 aromatic carbocycles. The van der Waals surface area contributed by atoms with Crippen molar-refractivity contribution in [2.45, 2.75) is 40.2 Å². The fraction of sp³-hybridized carbons (Fsp3) is 0.818. The summed E-state index contributed by atoms with van der Waals surface area (Å²) in [5.74, 6) is 0. The van der Waals surface area contributed by atoms with Crippen LogP contribution in [0.15, 0.2) is 0 Å². The third-order valence-corrected chi connectivity index (χ3v) is 3.90. The van der Waals surface area contributed by atoms with E-state index in [-0.39, 0.29) is 18.1 Å². The maximum atomic E-state index is 6.07. The van der Waals surface area contributed by atoms with Crippen LogP contribution in [0.5, 0.6) is 0 Å². The molecule has 1 saturated heterocycles. The van der Waals surface area contributed by atoms with Gasteiger partial charge in [0.1, 0.15) is 0 Å². The fourth-order valence-electron chi connectivity index (χ4n) is 1.84. The number of aryl methyl sites for hydroxylation is 2. The quantitative estimate of drug-likeness (QED) is 0.673. The topological polar surface area (TPSA) is 49.2 Å². The fourth-order valence-corrected chi connectivity index (χ4v) is 1.84. The van der Waals surface area contributed by atoms with Crippen LogP contribution in [0.1, 0.15) is 33.4 Å². The van der Waals surface area contributed by atoms with E-state index in [2.05, 4.69) is 38.0 Å². The van der Waals surface area contributed by atoms with Crippen LogP contribution in [-0.2, 0) is 16.4 Å². The number of rotatable bonds is 1. The maximum absolute atomic E-state index is 6.07. The number of hydrogen-bond donors (Lipinski definition) is 0. The zero-order valence-electron chi connectivity index (χ0n) is 11.4. The van der Waals surface area contributed by atoms with Gasteiger partial charge in [-0.2, -0.15) is 0 Å². The molecule has 2 heterocycles. The number of aromatic nitrogens is 3. The van der Waals surface area contributed by atoms with Gasteiger partial charge in [0.05, 0.1) is 16.9 Å². The van der Waals surface area contributed by atoms with E-state index < -0.39 is 0 Å². The summed E-state index contributed by atoms with van der Waals surface area (Å²) in [6.45, 7) is 11.1. The summed E-state index contributed by atoms with van der Waals surface area (Å²) in [5.41, 5.74) is 1.50. The largest absolute Gasteiger partial charge is 0.515 e. The van der Waals surface area contributed by atoms with E-state index in [1.54, 1.807) is 4.68 Å². The Labute approximate surface area is 103 Å². The summed E-state index contributed by atoms with van der Waals surface area (Å²) in [6, 6.07) is 0. The van der Waals surface area contributed by atoms with Crippen molar-refractivity contribution in [3.63, 3.8) is 0 Å². The zero-order valence-corrected chi connectivity index (χ0v) is 11.4. The van der Waals surface area contributed by atoms with Crippen molar-refractivity contribution in [2.75, 3.05) is 6.61 Å². The highest BCUT2D eigenvalue weighted by atomic mass is 16.6. The Morgan fingerprint density at radius 1 is 1.29 bits per heavy atom. The van der Waals surface area contributed by atoms with Gasteiger partial charge in [0.2, 0.25) is 0 Å². The Bertz CT molecular complexity index is 409. The van der Waals surface area contributed by atoms with Crippen molar-refractivity contribution in [1.82, 2.24) is 15.0 Å². The van der Waals surface area contributed by atoms with E-state index in [1.807, 2.05) is 14.0 Å². The third kappa shape index (κ3) is 2.00. The molecular weight excluding hydrogens is 217 g/mol. The van der Waals surface area contributed by atoms with Crippen LogP contribution in [0.2, 0.25) is 0 Å². The number of nitrogens with zero attached hydrogens (tertiary/aromatic N) is 3. The van der Waals surface area contributed by atoms with Crippen molar-refractivity contribution in [3.05, 3.63) is 5.69 Å². The lowest BCUT2D eigenvalue weighted by Gasteiger charge is -2.47. The molecule has 94 valence electrons. The minimum absolute atomic E-state index is 0.0105. The summed E-state index contributed by atoms with van der Waals surface area (Å²) in [5, 5.41) is 8.01. The summed E-state index contributed by atoms with van der Waals surface area (Å²) in [4.78, 5) is 0. The van der Waals surface area contributed by atoms with Crippen LogP contribution in [0.25, 0.3) is 0 Å². The minimum atomic E-state index is -0.377. The second-order valence-electron chi connectivity index (χ2n) is 5.84. The first-order chi connectivity index (χ1) is 7.74. The van der Waals surface area contributed by atoms with Crippen LogP contribution < -0.4 is 5.59 Å². The van der Waals surface area contributed by atoms with Crippen molar-refractivity contribution >= 4 is 12.7 Å². The molecule has 0 spiro atoms. The monoisotopic (exact) mass is 237 g/mol. The highest BCUT2D eigenvalue weighted by Crippen LogP contribution is 2.37. The van der Waals surface area contributed by atoms with Crippen LogP contribution in [0, 0.1) is 12.3 Å². The molecule has 0 atom stereocenters. The van der Waals surface area contributed by atoms with E-state index in [1.165, 1.54) is 0 Å². The lowest BCUT2D eigenvalue weighted by atomic mass is 9.70. The molecule has 2 rings (SSSR count). The average molecular weight is 237 g/mol. The van der Waals surface area contributed by atoms with Gasteiger partial charge < -0.3 is 9.31 Å². The molecule has 0 radical (unpaired) electrons. The first-order valence-corrected chi connectivity index (χ1v) is 5.90. The molecule has 0 N–H and O–H groups in total. The molecule has 6 heteroatoms. The van der Waals surface area contributed by atoms with Gasteiger partial charge in [-0.1, -0.05) is 19.1 Å². The van der Waals surface area contributed by atoms with Crippen molar-refractivity contribution in [3.8, 4) is 0 Å². The molecule has 0 saturated carbocycles. The lowest BCUT2D eigenvalue weighted by molar-refractivity contribution is -0.0941. The SMILES string of the molecule is Cc1nnn(C)c1B1OCC(C)(C)C(C)(C)O1. The molecule has 1 aliphatic rings. The third-order valence-electron chi connectivity index (χ3n) is 3.90. The molecular formula is C11H20BN3O2. The molecule has 1 aromatic heterocycles. The summed E-state index contributed by atoms with van der Waals surface area (Å²) >= 11 is 0. The Balaban J connectivity index is 2.28. The van der Waals surface area contributed by atoms with E-state index in [9.17, 15) is 0 Å². The van der Waals surface area contributed by atoms with Gasteiger partial charge in [0.25, 0.3) is 0 Å². The molecule has 5 nitrogen and oxygen atoms in total. The smallest absolute Gasteiger partial charge is 0.406 e. The maximum Gasteiger partial charge on any atom is 0.515 e. The predicted molar refractivity (Wildman–Crippen MR) is 66.0 cm³/mol. The molecule has 0 aliphatic carbocycles. The molecule has 1 fully saturated rings. The van der Waals surface area contributed by atoms with Gasteiger partial charge in [0, 0.05) is 19.1 Å². The molecule has 0 amide bonds. The highest BCUT2D eigenvalue weighted by molar-refractivity contribution is 6.61. The Kier molecular flexibility index (Phi) is 2.82. The van der Waals surface area contributed by atoms with Crippen molar-refractivity contribution < 1.29 is 9.31 Å². The molecule has 0 unspecified atom stereocenters. The first-order valence-electron chi connectivity index (χ1n) is 5.90. The lowest BCUT2D eigenvalue weighted by Crippen LogP contribution is -2.59. The van der Waals surface area contributed by atoms with Gasteiger partial charge in [0.15, 0.2) is 0 Å². The van der Waals surface area contributed by atoms with Crippen molar-refractivity contribution in [2.24, 2.45) is 12.5 Å². The second kappa shape index (κ2) is 3.81. The predicted octanol–water partition coefficient (Wildman–Crippen LogP) is 0.670. The van der Waals surface area contributed by atoms with Gasteiger partial charge in [-0.15, -0.1) is 5.10 Å². The van der Waals surface area contributed by atoms with Crippen LogP contribution in [0.3, 0.4) is 0 Å². The number of hydrogen-bond acceptors (Lipinski definition) is 4. The van der Waals surface area contributed by atoms with Gasteiger partial charge >= 0.3 is 7.12 Å². The molecule has 1 aliphatic heterocycles. The van der Waals surface area contributed by atoms with Gasteiger partial charge in [-0.25, -0.2) is 0 Å². The van der Waals surface area contributed by atoms with Gasteiger partial charge in [-0.05, 0) is 20.8 Å². The zero-order chi connectivity index (χ0) is 12.8. The van der Waals surface area contributed by atoms with E-state index in [4.69, 9.17) is 9.31 Å². The Hall–Kier alpha value is -0.875. The Morgan fingerprint density at radius 2 is 1.94 bits per heavy atom. The van der Waals surface area contributed by atoms with Gasteiger partial charge in [-0.3, -0.25) is 4.68 Å². The molecule has 1 aromatic rings. The summed E-state index contributed by atoms with van der Waals surface area (Å²) < 4.78 is 13.6. The van der Waals surface area contributed by atoms with E-state index in [0.717, 1.165) is 11.3 Å². The summed E-state index contributed by atoms with van der Waals surface area (Å²) in [6.07, 6.45) is 0. The highest BCUT2D eigenvalue weighted by Gasteiger charge is 2.48. The van der Waals surface area contributed by atoms with Crippen LogP contribution in [0.4, 0.5) is 0 Å².